The molecule has 0 fully saturated rings. The summed E-state index contributed by atoms with van der Waals surface area (Å²) in [7, 11) is 0. The van der Waals surface area contributed by atoms with Gasteiger partial charge < -0.3 is 15.2 Å². The number of nitrogens with zero attached hydrogens (tertiary/aromatic N) is 1. The molecule has 0 aliphatic carbocycles. The molecule has 0 bridgehead atoms. The van der Waals surface area contributed by atoms with Crippen LogP contribution in [0.15, 0.2) is 42.5 Å². The molecule has 0 aromatic heterocycles. The first kappa shape index (κ1) is 18.3. The number of hydrogen-bond donors (Lipinski definition) is 2. The number of anilines is 1. The lowest BCUT2D eigenvalue weighted by molar-refractivity contribution is -0.384. The predicted octanol–water partition coefficient (Wildman–Crippen LogP) is 1.74. The number of thiocarbonyl (C=S) groups is 1. The van der Waals surface area contributed by atoms with Crippen molar-refractivity contribution in [2.24, 2.45) is 0 Å². The minimum atomic E-state index is -1.41. The molecule has 0 spiro atoms. The number of aromatic carboxylic acids is 1. The van der Waals surface area contributed by atoms with Crippen LogP contribution in [0.5, 0.6) is 0 Å². The lowest BCUT2D eigenvalue weighted by Crippen LogP contribution is -2.35. The molecule has 8 nitrogen and oxygen atoms in total. The topological polar surface area (TPSA) is 124 Å². The number of halogens is 1. The van der Waals surface area contributed by atoms with E-state index in [1.165, 1.54) is 24.3 Å². The van der Waals surface area contributed by atoms with Crippen LogP contribution in [0, 0.1) is 10.1 Å². The van der Waals surface area contributed by atoms with E-state index in [0.717, 1.165) is 12.1 Å². The summed E-state index contributed by atoms with van der Waals surface area (Å²) in [5.41, 5.74) is -0.273. The minimum absolute atomic E-state index is 0.0235. The SMILES string of the molecule is O=C(NC(=S)Nc1ccccc1C(=O)[O-])c1ccc([N+](=O)[O-])cc1Cl. The van der Waals surface area contributed by atoms with Crippen molar-refractivity contribution in [1.29, 1.82) is 0 Å². The average molecular weight is 379 g/mol. The van der Waals surface area contributed by atoms with Gasteiger partial charge in [-0.15, -0.1) is 0 Å². The fraction of sp³-hybridized carbons (Fsp3) is 0. The van der Waals surface area contributed by atoms with E-state index in [2.05, 4.69) is 10.6 Å². The first-order valence-corrected chi connectivity index (χ1v) is 7.45. The van der Waals surface area contributed by atoms with Crippen LogP contribution in [0.3, 0.4) is 0 Å². The summed E-state index contributed by atoms with van der Waals surface area (Å²) in [5.74, 6) is -2.11. The van der Waals surface area contributed by atoms with E-state index in [4.69, 9.17) is 23.8 Å². The fourth-order valence-corrected chi connectivity index (χ4v) is 2.36. The van der Waals surface area contributed by atoms with Crippen LogP contribution in [-0.2, 0) is 0 Å². The van der Waals surface area contributed by atoms with Gasteiger partial charge in [0, 0.05) is 23.4 Å². The Morgan fingerprint density at radius 2 is 1.80 bits per heavy atom. The van der Waals surface area contributed by atoms with Gasteiger partial charge in [0.2, 0.25) is 0 Å². The first-order chi connectivity index (χ1) is 11.8. The lowest BCUT2D eigenvalue weighted by atomic mass is 10.2. The minimum Gasteiger partial charge on any atom is -0.545 e. The van der Waals surface area contributed by atoms with E-state index < -0.39 is 16.8 Å². The van der Waals surface area contributed by atoms with Gasteiger partial charge in [0.1, 0.15) is 0 Å². The van der Waals surface area contributed by atoms with Gasteiger partial charge in [0.05, 0.1) is 21.5 Å². The van der Waals surface area contributed by atoms with Crippen LogP contribution < -0.4 is 15.7 Å². The monoisotopic (exact) mass is 378 g/mol. The van der Waals surface area contributed by atoms with Crippen molar-refractivity contribution in [3.05, 3.63) is 68.7 Å². The van der Waals surface area contributed by atoms with Gasteiger partial charge in [-0.2, -0.15) is 0 Å². The molecule has 0 atom stereocenters. The van der Waals surface area contributed by atoms with Crippen molar-refractivity contribution in [2.45, 2.75) is 0 Å². The predicted molar refractivity (Wildman–Crippen MR) is 92.6 cm³/mol. The second-order valence-corrected chi connectivity index (χ2v) is 5.48. The van der Waals surface area contributed by atoms with Crippen LogP contribution >= 0.6 is 23.8 Å². The van der Waals surface area contributed by atoms with Crippen molar-refractivity contribution in [3.8, 4) is 0 Å². The zero-order valence-corrected chi connectivity index (χ0v) is 13.9. The van der Waals surface area contributed by atoms with Crippen LogP contribution in [-0.4, -0.2) is 21.9 Å². The molecular formula is C15H9ClN3O5S-. The Balaban J connectivity index is 2.12. The summed E-state index contributed by atoms with van der Waals surface area (Å²) in [6.45, 7) is 0. The van der Waals surface area contributed by atoms with E-state index in [-0.39, 0.29) is 32.6 Å². The third-order valence-corrected chi connectivity index (χ3v) is 3.55. The Labute approximate surface area is 151 Å². The van der Waals surface area contributed by atoms with Crippen molar-refractivity contribution < 1.29 is 19.6 Å². The Kier molecular flexibility index (Phi) is 5.63. The number of carboxylic acids is 1. The highest BCUT2D eigenvalue weighted by atomic mass is 35.5. The molecular weight excluding hydrogens is 370 g/mol. The van der Waals surface area contributed by atoms with Crippen LogP contribution in [0.1, 0.15) is 20.7 Å². The molecule has 2 aromatic carbocycles. The molecule has 2 rings (SSSR count). The number of nitro benzene ring substituents is 1. The van der Waals surface area contributed by atoms with Gasteiger partial charge in [0.15, 0.2) is 5.11 Å². The Morgan fingerprint density at radius 3 is 2.40 bits per heavy atom. The first-order valence-electron chi connectivity index (χ1n) is 6.66. The smallest absolute Gasteiger partial charge is 0.270 e. The number of para-hydroxylation sites is 1. The van der Waals surface area contributed by atoms with E-state index in [1.54, 1.807) is 6.07 Å². The summed E-state index contributed by atoms with van der Waals surface area (Å²) in [6.07, 6.45) is 0. The average Bonchev–Trinajstić information content (AvgIpc) is 2.54. The van der Waals surface area contributed by atoms with E-state index in [1.807, 2.05) is 0 Å². The molecule has 0 heterocycles. The summed E-state index contributed by atoms with van der Waals surface area (Å²) in [6, 6.07) is 9.20. The van der Waals surface area contributed by atoms with E-state index in [9.17, 15) is 24.8 Å². The van der Waals surface area contributed by atoms with Crippen LogP contribution in [0.4, 0.5) is 11.4 Å². The molecule has 0 unspecified atom stereocenters. The Bertz CT molecular complexity index is 887. The highest BCUT2D eigenvalue weighted by molar-refractivity contribution is 7.80. The zero-order valence-electron chi connectivity index (χ0n) is 12.3. The zero-order chi connectivity index (χ0) is 18.6. The summed E-state index contributed by atoms with van der Waals surface area (Å²) in [5, 5.41) is 26.3. The normalized spacial score (nSPS) is 9.96. The largest absolute Gasteiger partial charge is 0.545 e. The number of nitro groups is 1. The molecule has 0 aliphatic heterocycles. The van der Waals surface area contributed by atoms with Gasteiger partial charge in [-0.05, 0) is 24.4 Å². The molecule has 128 valence electrons. The number of non-ortho nitro benzene ring substituents is 1. The van der Waals surface area contributed by atoms with E-state index in [0.29, 0.717) is 0 Å². The van der Waals surface area contributed by atoms with Crippen molar-refractivity contribution in [2.75, 3.05) is 5.32 Å². The molecule has 25 heavy (non-hydrogen) atoms. The lowest BCUT2D eigenvalue weighted by Gasteiger charge is -2.14. The van der Waals surface area contributed by atoms with Gasteiger partial charge in [0.25, 0.3) is 11.6 Å². The third kappa shape index (κ3) is 4.49. The molecule has 0 saturated carbocycles. The second-order valence-electron chi connectivity index (χ2n) is 4.66. The van der Waals surface area contributed by atoms with Crippen molar-refractivity contribution >= 4 is 52.2 Å². The maximum absolute atomic E-state index is 12.1. The van der Waals surface area contributed by atoms with Gasteiger partial charge in [-0.25, -0.2) is 0 Å². The van der Waals surface area contributed by atoms with Crippen molar-refractivity contribution in [1.82, 2.24) is 5.32 Å². The number of carbonyl (C=O) groups is 2. The summed E-state index contributed by atoms with van der Waals surface area (Å²) < 4.78 is 0. The number of nitrogens with one attached hydrogen (secondary N) is 2. The van der Waals surface area contributed by atoms with Crippen molar-refractivity contribution in [3.63, 3.8) is 0 Å². The van der Waals surface area contributed by atoms with Gasteiger partial charge in [-0.1, -0.05) is 29.8 Å². The van der Waals surface area contributed by atoms with Crippen LogP contribution in [0.2, 0.25) is 5.02 Å². The summed E-state index contributed by atoms with van der Waals surface area (Å²) in [4.78, 5) is 33.2. The number of carboxylic acid groups (broad SMARTS) is 1. The van der Waals surface area contributed by atoms with Gasteiger partial charge in [-0.3, -0.25) is 20.2 Å². The highest BCUT2D eigenvalue weighted by Gasteiger charge is 2.16. The molecule has 0 saturated heterocycles. The molecule has 0 radical (unpaired) electrons. The Hall–Kier alpha value is -3.04. The maximum Gasteiger partial charge on any atom is 0.270 e. The quantitative estimate of drug-likeness (QED) is 0.471. The summed E-state index contributed by atoms with van der Waals surface area (Å²) >= 11 is 10.8. The molecule has 10 heteroatoms. The number of benzene rings is 2. The van der Waals surface area contributed by atoms with E-state index >= 15 is 0 Å². The second kappa shape index (κ2) is 7.69. The number of carbonyl (C=O) groups excluding carboxylic acids is 2. The van der Waals surface area contributed by atoms with Gasteiger partial charge >= 0.3 is 0 Å². The molecule has 0 aliphatic rings. The highest BCUT2D eigenvalue weighted by Crippen LogP contribution is 2.22. The number of hydrogen-bond acceptors (Lipinski definition) is 6. The molecule has 2 aromatic rings. The number of rotatable bonds is 4. The molecule has 2 N–H and O–H groups in total. The fourth-order valence-electron chi connectivity index (χ4n) is 1.90. The third-order valence-electron chi connectivity index (χ3n) is 3.03. The van der Waals surface area contributed by atoms with Crippen LogP contribution in [0.25, 0.3) is 0 Å². The standard InChI is InChI=1S/C15H10ClN3O5S/c16-11-7-8(19(23)24)5-6-9(11)13(20)18-15(25)17-12-4-2-1-3-10(12)14(21)22/h1-7H,(H,21,22)(H2,17,18,20,25)/p-1. The Morgan fingerprint density at radius 1 is 1.12 bits per heavy atom. The maximum atomic E-state index is 12.1. The molecule has 1 amide bonds. The number of amides is 1.